The normalized spacial score (nSPS) is 18.0. The molecule has 29 heavy (non-hydrogen) atoms. The lowest BCUT2D eigenvalue weighted by Crippen LogP contribution is -2.44. The van der Waals surface area contributed by atoms with E-state index in [4.69, 9.17) is 0 Å². The van der Waals surface area contributed by atoms with E-state index in [1.54, 1.807) is 0 Å². The van der Waals surface area contributed by atoms with E-state index in [9.17, 15) is 19.8 Å². The molecule has 0 aliphatic heterocycles. The molecule has 6 heteroatoms. The monoisotopic (exact) mass is 408 g/mol. The van der Waals surface area contributed by atoms with Gasteiger partial charge in [0.2, 0.25) is 0 Å². The van der Waals surface area contributed by atoms with Crippen LogP contribution in [-0.4, -0.2) is 37.8 Å². The largest absolute Gasteiger partial charge is 0.481 e. The molecule has 0 rings (SSSR count). The molecule has 2 N–H and O–H groups in total. The number of rotatable bonds is 10. The average Bonchev–Trinajstić information content (AvgIpc) is 2.39. The zero-order valence-corrected chi connectivity index (χ0v) is 21.1. The molecule has 4 atom stereocenters. The lowest BCUT2D eigenvalue weighted by atomic mass is 9.45. The first kappa shape index (κ1) is 28.1. The highest BCUT2D eigenvalue weighted by Crippen LogP contribution is 2.55. The average molecular weight is 408 g/mol. The summed E-state index contributed by atoms with van der Waals surface area (Å²) in [7, 11) is 4.36. The van der Waals surface area contributed by atoms with Gasteiger partial charge in [-0.05, 0) is 40.4 Å². The third kappa shape index (κ3) is 9.17. The second-order valence-electron chi connectivity index (χ2n) is 13.2. The van der Waals surface area contributed by atoms with E-state index in [2.05, 4.69) is 84.9 Å². The van der Waals surface area contributed by atoms with Crippen LogP contribution in [0, 0.1) is 33.5 Å². The zero-order chi connectivity index (χ0) is 23.6. The maximum atomic E-state index is 12.2. The van der Waals surface area contributed by atoms with Gasteiger partial charge >= 0.3 is 11.9 Å². The molecule has 0 spiro atoms. The van der Waals surface area contributed by atoms with Crippen LogP contribution in [0.3, 0.4) is 0 Å². The van der Waals surface area contributed by atoms with E-state index >= 15 is 0 Å². The number of hydrogen-bond donors (Lipinski definition) is 2. The first-order chi connectivity index (χ1) is 12.6. The number of aliphatic carboxylic acids is 2. The van der Waals surface area contributed by atoms with Crippen LogP contribution < -0.4 is 0 Å². The van der Waals surface area contributed by atoms with Gasteiger partial charge in [0, 0.05) is 0 Å². The molecule has 4 unspecified atom stereocenters. The second-order valence-corrected chi connectivity index (χ2v) is 13.2. The predicted molar refractivity (Wildman–Crippen MR) is 127 cm³/mol. The summed E-state index contributed by atoms with van der Waals surface area (Å²) in [5.74, 6) is -2.83. The standard InChI is InChI=1S/C23H46B2O4/c1-20(2,3)12-22(7,8)16(14(19(28)29)11-15(26)27)17(24)18(25)23(9,10)13-21(4,5)6/h14,16-18H,11-13,24-25H2,1-10H3,(H,26,27)(H,28,29). The highest BCUT2D eigenvalue weighted by Gasteiger charge is 2.48. The van der Waals surface area contributed by atoms with Crippen molar-refractivity contribution in [2.75, 3.05) is 0 Å². The van der Waals surface area contributed by atoms with E-state index in [1.807, 2.05) is 0 Å². The Morgan fingerprint density at radius 3 is 1.45 bits per heavy atom. The zero-order valence-electron chi connectivity index (χ0n) is 21.1. The molecule has 0 saturated heterocycles. The molecule has 0 radical (unpaired) electrons. The van der Waals surface area contributed by atoms with Crippen molar-refractivity contribution in [1.29, 1.82) is 0 Å². The molecule has 0 aromatic heterocycles. The molecule has 0 saturated carbocycles. The second kappa shape index (κ2) is 9.47. The summed E-state index contributed by atoms with van der Waals surface area (Å²) >= 11 is 0. The predicted octanol–water partition coefficient (Wildman–Crippen LogP) is 4.55. The van der Waals surface area contributed by atoms with Crippen LogP contribution in [-0.2, 0) is 9.59 Å². The fourth-order valence-electron chi connectivity index (χ4n) is 6.21. The molecule has 0 aliphatic rings. The Morgan fingerprint density at radius 2 is 1.14 bits per heavy atom. The summed E-state index contributed by atoms with van der Waals surface area (Å²) in [6, 6.07) is 0. The first-order valence-corrected chi connectivity index (χ1v) is 11.1. The van der Waals surface area contributed by atoms with Crippen LogP contribution in [0.15, 0.2) is 0 Å². The van der Waals surface area contributed by atoms with Crippen LogP contribution in [0.2, 0.25) is 11.6 Å². The fourth-order valence-corrected chi connectivity index (χ4v) is 6.21. The lowest BCUT2D eigenvalue weighted by Gasteiger charge is -2.50. The van der Waals surface area contributed by atoms with E-state index < -0.39 is 17.9 Å². The smallest absolute Gasteiger partial charge is 0.307 e. The third-order valence-electron chi connectivity index (χ3n) is 6.61. The van der Waals surface area contributed by atoms with Crippen molar-refractivity contribution in [2.45, 2.75) is 100 Å². The molecular weight excluding hydrogens is 362 g/mol. The molecule has 0 aromatic carbocycles. The van der Waals surface area contributed by atoms with Gasteiger partial charge in [0.1, 0.15) is 15.7 Å². The summed E-state index contributed by atoms with van der Waals surface area (Å²) in [5.41, 5.74) is -0.0959. The SMILES string of the molecule is BC(C(B)C(C)(C)CC(C)(C)C)C(C(CC(=O)O)C(=O)O)C(C)(C)CC(C)(C)C. The highest BCUT2D eigenvalue weighted by atomic mass is 16.4. The Hall–Kier alpha value is -0.930. The minimum atomic E-state index is -1.04. The Morgan fingerprint density at radius 1 is 0.759 bits per heavy atom. The summed E-state index contributed by atoms with van der Waals surface area (Å²) in [6.45, 7) is 22.0. The van der Waals surface area contributed by atoms with Gasteiger partial charge in [-0.1, -0.05) is 80.9 Å². The Balaban J connectivity index is 6.27. The number of carboxylic acid groups (broad SMARTS) is 2. The lowest BCUT2D eigenvalue weighted by molar-refractivity contribution is -0.153. The molecule has 0 aromatic rings. The first-order valence-electron chi connectivity index (χ1n) is 11.1. The van der Waals surface area contributed by atoms with E-state index in [0.29, 0.717) is 0 Å². The quantitative estimate of drug-likeness (QED) is 0.521. The fraction of sp³-hybridized carbons (Fsp3) is 0.913. The molecule has 0 bridgehead atoms. The van der Waals surface area contributed by atoms with Gasteiger partial charge in [-0.3, -0.25) is 9.59 Å². The van der Waals surface area contributed by atoms with Crippen molar-refractivity contribution >= 4 is 27.6 Å². The van der Waals surface area contributed by atoms with Gasteiger partial charge in [-0.25, -0.2) is 0 Å². The topological polar surface area (TPSA) is 74.6 Å². The van der Waals surface area contributed by atoms with Crippen LogP contribution >= 0.6 is 0 Å². The van der Waals surface area contributed by atoms with Gasteiger partial charge in [-0.2, -0.15) is 0 Å². The van der Waals surface area contributed by atoms with Crippen molar-refractivity contribution < 1.29 is 19.8 Å². The van der Waals surface area contributed by atoms with Crippen LogP contribution in [0.25, 0.3) is 0 Å². The van der Waals surface area contributed by atoms with Gasteiger partial charge in [0.05, 0.1) is 12.3 Å². The van der Waals surface area contributed by atoms with Gasteiger partial charge in [0.15, 0.2) is 0 Å². The molecule has 0 fully saturated rings. The van der Waals surface area contributed by atoms with E-state index in [-0.39, 0.29) is 45.6 Å². The Labute approximate surface area is 181 Å². The highest BCUT2D eigenvalue weighted by molar-refractivity contribution is 6.22. The summed E-state index contributed by atoms with van der Waals surface area (Å²) < 4.78 is 0. The summed E-state index contributed by atoms with van der Waals surface area (Å²) in [5, 5.41) is 19.5. The van der Waals surface area contributed by atoms with Crippen molar-refractivity contribution in [3.05, 3.63) is 0 Å². The summed E-state index contributed by atoms with van der Waals surface area (Å²) in [6.07, 6.45) is 1.53. The molecule has 168 valence electrons. The molecule has 4 nitrogen and oxygen atoms in total. The maximum Gasteiger partial charge on any atom is 0.307 e. The molecular formula is C23H46B2O4. The number of carbonyl (C=O) groups is 2. The van der Waals surface area contributed by atoms with Crippen molar-refractivity contribution in [3.63, 3.8) is 0 Å². The maximum absolute atomic E-state index is 12.2. The van der Waals surface area contributed by atoms with Crippen LogP contribution in [0.1, 0.15) is 88.5 Å². The molecule has 0 amide bonds. The molecule has 0 aliphatic carbocycles. The third-order valence-corrected chi connectivity index (χ3v) is 6.61. The minimum absolute atomic E-state index is 0.0139. The number of carboxylic acids is 2. The van der Waals surface area contributed by atoms with Gasteiger partial charge in [-0.15, -0.1) is 0 Å². The van der Waals surface area contributed by atoms with Crippen molar-refractivity contribution in [1.82, 2.24) is 0 Å². The van der Waals surface area contributed by atoms with Gasteiger partial charge < -0.3 is 10.2 Å². The van der Waals surface area contributed by atoms with Gasteiger partial charge in [0.25, 0.3) is 0 Å². The van der Waals surface area contributed by atoms with Crippen LogP contribution in [0.5, 0.6) is 0 Å². The van der Waals surface area contributed by atoms with E-state index in [1.165, 1.54) is 0 Å². The number of hydrogen-bond acceptors (Lipinski definition) is 2. The van der Waals surface area contributed by atoms with E-state index in [0.717, 1.165) is 12.8 Å². The Bertz CT molecular complexity index is 570. The van der Waals surface area contributed by atoms with Crippen molar-refractivity contribution in [2.24, 2.45) is 33.5 Å². The summed E-state index contributed by atoms with van der Waals surface area (Å²) in [4.78, 5) is 23.8. The van der Waals surface area contributed by atoms with Crippen molar-refractivity contribution in [3.8, 4) is 0 Å². The van der Waals surface area contributed by atoms with Crippen LogP contribution in [0.4, 0.5) is 0 Å². The minimum Gasteiger partial charge on any atom is -0.481 e. The Kier molecular flexibility index (Phi) is 9.17. The molecule has 0 heterocycles.